The molecule has 1 fully saturated rings. The van der Waals surface area contributed by atoms with Crippen LogP contribution in [0.15, 0.2) is 18.3 Å². The molecule has 1 amide bonds. The molecule has 0 radical (unpaired) electrons. The SMILES string of the molecule is CCNc1cc(C(=O)NCC2(C)CCC2)ccn1. The first-order chi connectivity index (χ1) is 8.63. The minimum absolute atomic E-state index is 0.00956. The molecule has 0 atom stereocenters. The first-order valence-electron chi connectivity index (χ1n) is 6.61. The number of hydrogen-bond donors (Lipinski definition) is 2. The smallest absolute Gasteiger partial charge is 0.251 e. The van der Waals surface area contributed by atoms with Gasteiger partial charge in [0.25, 0.3) is 5.91 Å². The molecular formula is C14H21N3O. The summed E-state index contributed by atoms with van der Waals surface area (Å²) < 4.78 is 0. The van der Waals surface area contributed by atoms with E-state index >= 15 is 0 Å². The molecule has 1 aliphatic carbocycles. The molecule has 0 saturated heterocycles. The van der Waals surface area contributed by atoms with Gasteiger partial charge in [-0.05, 0) is 37.3 Å². The largest absolute Gasteiger partial charge is 0.370 e. The van der Waals surface area contributed by atoms with Crippen LogP contribution in [0.1, 0.15) is 43.5 Å². The molecule has 4 nitrogen and oxygen atoms in total. The van der Waals surface area contributed by atoms with Crippen molar-refractivity contribution in [2.45, 2.75) is 33.1 Å². The van der Waals surface area contributed by atoms with E-state index in [4.69, 9.17) is 0 Å². The molecule has 0 aliphatic heterocycles. The summed E-state index contributed by atoms with van der Waals surface area (Å²) in [5, 5.41) is 6.12. The van der Waals surface area contributed by atoms with E-state index in [9.17, 15) is 4.79 Å². The van der Waals surface area contributed by atoms with Crippen LogP contribution in [0.4, 0.5) is 5.82 Å². The molecule has 1 aromatic rings. The van der Waals surface area contributed by atoms with Gasteiger partial charge < -0.3 is 10.6 Å². The van der Waals surface area contributed by atoms with E-state index in [0.29, 0.717) is 11.0 Å². The Bertz CT molecular complexity index is 427. The first-order valence-corrected chi connectivity index (χ1v) is 6.61. The van der Waals surface area contributed by atoms with Gasteiger partial charge in [0.05, 0.1) is 0 Å². The minimum Gasteiger partial charge on any atom is -0.370 e. The monoisotopic (exact) mass is 247 g/mol. The van der Waals surface area contributed by atoms with Crippen molar-refractivity contribution < 1.29 is 4.79 Å². The van der Waals surface area contributed by atoms with Crippen LogP contribution in [0.3, 0.4) is 0 Å². The Kier molecular flexibility index (Phi) is 3.84. The summed E-state index contributed by atoms with van der Waals surface area (Å²) in [5.74, 6) is 0.740. The predicted octanol–water partition coefficient (Wildman–Crippen LogP) is 2.43. The average Bonchev–Trinajstić information content (AvgIpc) is 2.34. The molecule has 2 rings (SSSR count). The maximum atomic E-state index is 12.0. The number of aromatic nitrogens is 1. The van der Waals surface area contributed by atoms with Gasteiger partial charge in [0.15, 0.2) is 0 Å². The Morgan fingerprint density at radius 1 is 1.50 bits per heavy atom. The quantitative estimate of drug-likeness (QED) is 0.840. The van der Waals surface area contributed by atoms with Gasteiger partial charge in [0.2, 0.25) is 0 Å². The Hall–Kier alpha value is -1.58. The lowest BCUT2D eigenvalue weighted by molar-refractivity contribution is 0.0890. The zero-order valence-corrected chi connectivity index (χ0v) is 11.1. The number of nitrogens with one attached hydrogen (secondary N) is 2. The highest BCUT2D eigenvalue weighted by Gasteiger charge is 2.31. The van der Waals surface area contributed by atoms with Crippen LogP contribution in [0.25, 0.3) is 0 Å². The summed E-state index contributed by atoms with van der Waals surface area (Å²) >= 11 is 0. The molecule has 1 aromatic heterocycles. The van der Waals surface area contributed by atoms with Crippen molar-refractivity contribution in [2.24, 2.45) is 5.41 Å². The number of nitrogens with zero attached hydrogens (tertiary/aromatic N) is 1. The van der Waals surface area contributed by atoms with Gasteiger partial charge >= 0.3 is 0 Å². The van der Waals surface area contributed by atoms with Crippen LogP contribution in [0.5, 0.6) is 0 Å². The van der Waals surface area contributed by atoms with Crippen LogP contribution in [0.2, 0.25) is 0 Å². The van der Waals surface area contributed by atoms with Crippen molar-refractivity contribution in [1.29, 1.82) is 0 Å². The fourth-order valence-corrected chi connectivity index (χ4v) is 2.20. The maximum Gasteiger partial charge on any atom is 0.251 e. The highest BCUT2D eigenvalue weighted by molar-refractivity contribution is 5.94. The Morgan fingerprint density at radius 2 is 2.28 bits per heavy atom. The zero-order chi connectivity index (χ0) is 13.0. The van der Waals surface area contributed by atoms with Gasteiger partial charge in [0.1, 0.15) is 5.82 Å². The van der Waals surface area contributed by atoms with Crippen molar-refractivity contribution in [1.82, 2.24) is 10.3 Å². The molecule has 1 heterocycles. The van der Waals surface area contributed by atoms with E-state index in [1.807, 2.05) is 6.92 Å². The summed E-state index contributed by atoms with van der Waals surface area (Å²) in [6.45, 7) is 5.81. The highest BCUT2D eigenvalue weighted by atomic mass is 16.1. The molecule has 18 heavy (non-hydrogen) atoms. The summed E-state index contributed by atoms with van der Waals surface area (Å²) in [4.78, 5) is 16.2. The normalized spacial score (nSPS) is 16.8. The number of pyridine rings is 1. The lowest BCUT2D eigenvalue weighted by Gasteiger charge is -2.38. The van der Waals surface area contributed by atoms with Gasteiger partial charge in [-0.1, -0.05) is 13.3 Å². The van der Waals surface area contributed by atoms with Crippen molar-refractivity contribution in [3.63, 3.8) is 0 Å². The second kappa shape index (κ2) is 5.38. The van der Waals surface area contributed by atoms with Crippen molar-refractivity contribution >= 4 is 11.7 Å². The van der Waals surface area contributed by atoms with E-state index in [-0.39, 0.29) is 5.91 Å². The fraction of sp³-hybridized carbons (Fsp3) is 0.571. The standard InChI is InChI=1S/C14H21N3O/c1-3-15-12-9-11(5-8-16-12)13(18)17-10-14(2)6-4-7-14/h5,8-9H,3-4,6-7,10H2,1-2H3,(H,15,16)(H,17,18). The fourth-order valence-electron chi connectivity index (χ4n) is 2.20. The molecule has 1 aliphatic rings. The van der Waals surface area contributed by atoms with Gasteiger partial charge in [-0.15, -0.1) is 0 Å². The van der Waals surface area contributed by atoms with Crippen LogP contribution in [0, 0.1) is 5.41 Å². The molecule has 1 saturated carbocycles. The van der Waals surface area contributed by atoms with Gasteiger partial charge in [-0.3, -0.25) is 4.79 Å². The van der Waals surface area contributed by atoms with Gasteiger partial charge in [-0.25, -0.2) is 4.98 Å². The van der Waals surface area contributed by atoms with Crippen molar-refractivity contribution in [2.75, 3.05) is 18.4 Å². The van der Waals surface area contributed by atoms with Crippen molar-refractivity contribution in [3.8, 4) is 0 Å². The van der Waals surface area contributed by atoms with Crippen LogP contribution < -0.4 is 10.6 Å². The third kappa shape index (κ3) is 3.00. The predicted molar refractivity (Wildman–Crippen MR) is 72.7 cm³/mol. The Balaban J connectivity index is 1.93. The van der Waals surface area contributed by atoms with E-state index in [0.717, 1.165) is 18.9 Å². The number of rotatable bonds is 5. The summed E-state index contributed by atoms with van der Waals surface area (Å²) in [6, 6.07) is 3.54. The van der Waals surface area contributed by atoms with Gasteiger partial charge in [-0.2, -0.15) is 0 Å². The Labute approximate surface area is 108 Å². The molecular weight excluding hydrogens is 226 g/mol. The molecule has 0 spiro atoms. The summed E-state index contributed by atoms with van der Waals surface area (Å²) in [6.07, 6.45) is 5.38. The number of hydrogen-bond acceptors (Lipinski definition) is 3. The van der Waals surface area contributed by atoms with Crippen molar-refractivity contribution in [3.05, 3.63) is 23.9 Å². The molecule has 0 unspecified atom stereocenters. The number of amides is 1. The Morgan fingerprint density at radius 3 is 2.89 bits per heavy atom. The summed E-state index contributed by atoms with van der Waals surface area (Å²) in [5.41, 5.74) is 0.983. The first kappa shape index (κ1) is 12.9. The number of carbonyl (C=O) groups is 1. The molecule has 98 valence electrons. The highest BCUT2D eigenvalue weighted by Crippen LogP contribution is 2.39. The molecule has 0 bridgehead atoms. The average molecular weight is 247 g/mol. The number of carbonyl (C=O) groups excluding carboxylic acids is 1. The second-order valence-corrected chi connectivity index (χ2v) is 5.31. The lowest BCUT2D eigenvalue weighted by Crippen LogP contribution is -2.39. The molecule has 4 heteroatoms. The third-order valence-electron chi connectivity index (χ3n) is 3.62. The van der Waals surface area contributed by atoms with Gasteiger partial charge in [0, 0.05) is 24.8 Å². The van der Waals surface area contributed by atoms with E-state index < -0.39 is 0 Å². The van der Waals surface area contributed by atoms with Crippen LogP contribution in [-0.4, -0.2) is 24.0 Å². The van der Waals surface area contributed by atoms with E-state index in [1.165, 1.54) is 19.3 Å². The van der Waals surface area contributed by atoms with Crippen LogP contribution >= 0.6 is 0 Å². The van der Waals surface area contributed by atoms with E-state index in [1.54, 1.807) is 18.3 Å². The second-order valence-electron chi connectivity index (χ2n) is 5.31. The topological polar surface area (TPSA) is 54.0 Å². The third-order valence-corrected chi connectivity index (χ3v) is 3.62. The minimum atomic E-state index is -0.00956. The number of anilines is 1. The lowest BCUT2D eigenvalue weighted by atomic mass is 9.70. The van der Waals surface area contributed by atoms with E-state index in [2.05, 4.69) is 22.5 Å². The molecule has 0 aromatic carbocycles. The maximum absolute atomic E-state index is 12.0. The van der Waals surface area contributed by atoms with Crippen LogP contribution in [-0.2, 0) is 0 Å². The zero-order valence-electron chi connectivity index (χ0n) is 11.1. The summed E-state index contributed by atoms with van der Waals surface area (Å²) in [7, 11) is 0. The molecule has 2 N–H and O–H groups in total.